The molecule has 1 heterocycles. The molecule has 0 amide bonds. The lowest BCUT2D eigenvalue weighted by molar-refractivity contribution is -0.106. The topological polar surface area (TPSA) is 64.1 Å². The molecule has 2 fully saturated rings. The summed E-state index contributed by atoms with van der Waals surface area (Å²) in [5, 5.41) is 6.96. The maximum absolute atomic E-state index is 5.94. The fourth-order valence-corrected chi connectivity index (χ4v) is 4.13. The van der Waals surface area contributed by atoms with Gasteiger partial charge in [-0.1, -0.05) is 13.8 Å². The molecule has 2 aliphatic rings. The zero-order chi connectivity index (χ0) is 18.7. The lowest BCUT2D eigenvalue weighted by atomic mass is 9.57. The molecule has 4 atom stereocenters. The third-order valence-corrected chi connectivity index (χ3v) is 5.57. The molecule has 0 spiro atoms. The van der Waals surface area contributed by atoms with Crippen LogP contribution in [0, 0.1) is 11.3 Å². The number of methoxy groups -OCH3 is 1. The molecule has 0 aromatic heterocycles. The SMILES string of the molecule is CN=C(NCC(C)Oc1ccc(OC)cc1)NC1C2CCOC2C1(C)C.I. The Labute approximate surface area is 179 Å². The molecular formula is C20H32IN3O3. The van der Waals surface area contributed by atoms with E-state index in [0.29, 0.717) is 24.6 Å². The fraction of sp³-hybridized carbons (Fsp3) is 0.650. The first-order chi connectivity index (χ1) is 12.5. The van der Waals surface area contributed by atoms with Gasteiger partial charge >= 0.3 is 0 Å². The van der Waals surface area contributed by atoms with Gasteiger partial charge in [-0.15, -0.1) is 24.0 Å². The Bertz CT molecular complexity index is 636. The van der Waals surface area contributed by atoms with Crippen LogP contribution in [-0.2, 0) is 4.74 Å². The number of hydrogen-bond donors (Lipinski definition) is 2. The number of nitrogens with zero attached hydrogens (tertiary/aromatic N) is 1. The third kappa shape index (κ3) is 4.80. The third-order valence-electron chi connectivity index (χ3n) is 5.57. The highest BCUT2D eigenvalue weighted by Gasteiger charge is 2.59. The number of nitrogens with one attached hydrogen (secondary N) is 2. The Morgan fingerprint density at radius 3 is 2.59 bits per heavy atom. The Balaban J connectivity index is 0.00000261. The van der Waals surface area contributed by atoms with Crippen LogP contribution in [0.5, 0.6) is 11.5 Å². The summed E-state index contributed by atoms with van der Waals surface area (Å²) in [6.45, 7) is 8.11. The van der Waals surface area contributed by atoms with E-state index < -0.39 is 0 Å². The van der Waals surface area contributed by atoms with E-state index in [1.807, 2.05) is 31.2 Å². The first-order valence-electron chi connectivity index (χ1n) is 9.35. The molecule has 1 aromatic carbocycles. The number of ether oxygens (including phenoxy) is 3. The lowest BCUT2D eigenvalue weighted by Crippen LogP contribution is -2.68. The molecule has 152 valence electrons. The van der Waals surface area contributed by atoms with Crippen molar-refractivity contribution in [2.24, 2.45) is 16.3 Å². The Hall–Kier alpha value is -1.22. The van der Waals surface area contributed by atoms with E-state index in [-0.39, 0.29) is 35.5 Å². The maximum atomic E-state index is 5.94. The van der Waals surface area contributed by atoms with Crippen molar-refractivity contribution in [3.63, 3.8) is 0 Å². The van der Waals surface area contributed by atoms with Crippen LogP contribution in [0.3, 0.4) is 0 Å². The van der Waals surface area contributed by atoms with Crippen LogP contribution in [0.15, 0.2) is 29.3 Å². The van der Waals surface area contributed by atoms with E-state index in [0.717, 1.165) is 30.5 Å². The van der Waals surface area contributed by atoms with E-state index in [2.05, 4.69) is 29.5 Å². The van der Waals surface area contributed by atoms with Gasteiger partial charge in [0.05, 0.1) is 19.8 Å². The van der Waals surface area contributed by atoms with Gasteiger partial charge in [0.15, 0.2) is 5.96 Å². The summed E-state index contributed by atoms with van der Waals surface area (Å²) in [6.07, 6.45) is 1.51. The Kier molecular flexibility index (Phi) is 7.62. The minimum Gasteiger partial charge on any atom is -0.497 e. The second-order valence-corrected chi connectivity index (χ2v) is 7.74. The normalized spacial score (nSPS) is 26.9. The molecule has 3 rings (SSSR count). The van der Waals surface area contributed by atoms with Gasteiger partial charge in [0, 0.05) is 31.0 Å². The highest BCUT2D eigenvalue weighted by atomic mass is 127. The average Bonchev–Trinajstić information content (AvgIpc) is 3.09. The fourth-order valence-electron chi connectivity index (χ4n) is 4.13. The molecule has 1 aliphatic heterocycles. The van der Waals surface area contributed by atoms with E-state index in [1.54, 1.807) is 14.2 Å². The van der Waals surface area contributed by atoms with Crippen molar-refractivity contribution in [2.45, 2.75) is 45.4 Å². The van der Waals surface area contributed by atoms with Gasteiger partial charge in [-0.2, -0.15) is 0 Å². The zero-order valence-electron chi connectivity index (χ0n) is 16.8. The van der Waals surface area contributed by atoms with Crippen LogP contribution in [0.1, 0.15) is 27.2 Å². The van der Waals surface area contributed by atoms with Crippen molar-refractivity contribution >= 4 is 29.9 Å². The van der Waals surface area contributed by atoms with Crippen molar-refractivity contribution in [2.75, 3.05) is 27.3 Å². The minimum absolute atomic E-state index is 0. The largest absolute Gasteiger partial charge is 0.497 e. The monoisotopic (exact) mass is 489 g/mol. The standard InChI is InChI=1S/C20H31N3O3.HI/c1-13(26-15-8-6-14(24-5)7-9-15)12-22-19(21-4)23-17-16-10-11-25-18(16)20(17,2)3;/h6-9,13,16-18H,10-12H2,1-5H3,(H2,21,22,23);1H. The van der Waals surface area contributed by atoms with Gasteiger partial charge in [-0.3, -0.25) is 4.99 Å². The second kappa shape index (κ2) is 9.32. The molecule has 0 radical (unpaired) electrons. The predicted molar refractivity (Wildman–Crippen MR) is 118 cm³/mol. The maximum Gasteiger partial charge on any atom is 0.191 e. The summed E-state index contributed by atoms with van der Waals surface area (Å²) < 4.78 is 17.0. The number of aliphatic imine (C=N–C) groups is 1. The molecule has 2 N–H and O–H groups in total. The number of fused-ring (bicyclic) bond motifs is 1. The van der Waals surface area contributed by atoms with Crippen molar-refractivity contribution in [1.29, 1.82) is 0 Å². The summed E-state index contributed by atoms with van der Waals surface area (Å²) in [4.78, 5) is 4.37. The number of halogens is 1. The quantitative estimate of drug-likeness (QED) is 0.366. The number of guanidine groups is 1. The van der Waals surface area contributed by atoms with Crippen LogP contribution in [0.4, 0.5) is 0 Å². The highest BCUT2D eigenvalue weighted by molar-refractivity contribution is 14.0. The Morgan fingerprint density at radius 1 is 1.30 bits per heavy atom. The van der Waals surface area contributed by atoms with Crippen molar-refractivity contribution in [3.8, 4) is 11.5 Å². The van der Waals surface area contributed by atoms with Crippen LogP contribution < -0.4 is 20.1 Å². The van der Waals surface area contributed by atoms with Gasteiger partial charge in [0.2, 0.25) is 0 Å². The molecule has 1 saturated heterocycles. The second-order valence-electron chi connectivity index (χ2n) is 7.74. The van der Waals surface area contributed by atoms with Crippen LogP contribution in [0.2, 0.25) is 0 Å². The molecule has 27 heavy (non-hydrogen) atoms. The van der Waals surface area contributed by atoms with Crippen molar-refractivity contribution in [3.05, 3.63) is 24.3 Å². The summed E-state index contributed by atoms with van der Waals surface area (Å²) >= 11 is 0. The Morgan fingerprint density at radius 2 is 1.96 bits per heavy atom. The van der Waals surface area contributed by atoms with Gasteiger partial charge in [-0.25, -0.2) is 0 Å². The summed E-state index contributed by atoms with van der Waals surface area (Å²) in [7, 11) is 3.46. The van der Waals surface area contributed by atoms with E-state index in [4.69, 9.17) is 14.2 Å². The van der Waals surface area contributed by atoms with Gasteiger partial charge in [-0.05, 0) is 37.6 Å². The summed E-state index contributed by atoms with van der Waals surface area (Å²) in [5.41, 5.74) is 0.129. The molecule has 1 aromatic rings. The molecule has 1 saturated carbocycles. The smallest absolute Gasteiger partial charge is 0.191 e. The lowest BCUT2D eigenvalue weighted by Gasteiger charge is -2.54. The molecule has 4 unspecified atom stereocenters. The van der Waals surface area contributed by atoms with Crippen LogP contribution in [-0.4, -0.2) is 51.5 Å². The number of benzene rings is 1. The number of rotatable bonds is 6. The molecule has 1 aliphatic carbocycles. The molecule has 0 bridgehead atoms. The minimum atomic E-state index is 0. The van der Waals surface area contributed by atoms with Crippen LogP contribution in [0.25, 0.3) is 0 Å². The molecule has 7 heteroatoms. The summed E-state index contributed by atoms with van der Waals surface area (Å²) in [5.74, 6) is 3.05. The first-order valence-corrected chi connectivity index (χ1v) is 9.35. The van der Waals surface area contributed by atoms with E-state index in [1.165, 1.54) is 0 Å². The zero-order valence-corrected chi connectivity index (χ0v) is 19.2. The van der Waals surface area contributed by atoms with Crippen molar-refractivity contribution in [1.82, 2.24) is 10.6 Å². The first kappa shape index (κ1) is 22.1. The van der Waals surface area contributed by atoms with Gasteiger partial charge in [0.25, 0.3) is 0 Å². The van der Waals surface area contributed by atoms with Crippen molar-refractivity contribution < 1.29 is 14.2 Å². The van der Waals surface area contributed by atoms with Gasteiger partial charge in [0.1, 0.15) is 17.6 Å². The van der Waals surface area contributed by atoms with E-state index >= 15 is 0 Å². The molecule has 6 nitrogen and oxygen atoms in total. The highest BCUT2D eigenvalue weighted by Crippen LogP contribution is 2.52. The molecular weight excluding hydrogens is 457 g/mol. The summed E-state index contributed by atoms with van der Waals surface area (Å²) in [6, 6.07) is 8.02. The number of hydrogen-bond acceptors (Lipinski definition) is 4. The van der Waals surface area contributed by atoms with Crippen LogP contribution >= 0.6 is 24.0 Å². The van der Waals surface area contributed by atoms with Gasteiger partial charge < -0.3 is 24.8 Å². The predicted octanol–water partition coefficient (Wildman–Crippen LogP) is 3.06. The van der Waals surface area contributed by atoms with E-state index in [9.17, 15) is 0 Å². The average molecular weight is 489 g/mol.